The molecule has 156 valence electrons. The molecule has 0 spiro atoms. The zero-order valence-corrected chi connectivity index (χ0v) is 17.3. The molecule has 0 amide bonds. The molecule has 9 heteroatoms. The molecule has 31 heavy (non-hydrogen) atoms. The number of pyridine rings is 1. The Morgan fingerprint density at radius 1 is 1.06 bits per heavy atom. The lowest BCUT2D eigenvalue weighted by molar-refractivity contribution is 0.245. The van der Waals surface area contributed by atoms with E-state index in [0.29, 0.717) is 12.4 Å². The third kappa shape index (κ3) is 3.37. The first kappa shape index (κ1) is 19.1. The van der Waals surface area contributed by atoms with Crippen molar-refractivity contribution in [1.82, 2.24) is 34.5 Å². The molecule has 5 rings (SSSR count). The Hall–Kier alpha value is -3.88. The van der Waals surface area contributed by atoms with Crippen LogP contribution in [0.1, 0.15) is 30.5 Å². The summed E-state index contributed by atoms with van der Waals surface area (Å²) >= 11 is 0. The molecule has 0 N–H and O–H groups in total. The average Bonchev–Trinajstić information content (AvgIpc) is 3.47. The van der Waals surface area contributed by atoms with Gasteiger partial charge in [-0.05, 0) is 32.9 Å². The molecule has 0 aliphatic heterocycles. The molecular weight excluding hydrogens is 397 g/mol. The lowest BCUT2D eigenvalue weighted by Crippen LogP contribution is -2.02. The van der Waals surface area contributed by atoms with Crippen molar-refractivity contribution in [3.8, 4) is 22.3 Å². The van der Waals surface area contributed by atoms with Gasteiger partial charge in [0.25, 0.3) is 0 Å². The van der Waals surface area contributed by atoms with Gasteiger partial charge in [-0.25, -0.2) is 19.0 Å². The molecule has 0 radical (unpaired) electrons. The molecule has 5 heterocycles. The fraction of sp³-hybridized carbons (Fsp3) is 0.227. The lowest BCUT2D eigenvalue weighted by atomic mass is 10.1. The summed E-state index contributed by atoms with van der Waals surface area (Å²) in [5.41, 5.74) is 6.00. The van der Waals surface area contributed by atoms with Gasteiger partial charge in [-0.15, -0.1) is 0 Å². The fourth-order valence-electron chi connectivity index (χ4n) is 3.78. The summed E-state index contributed by atoms with van der Waals surface area (Å²) in [5, 5.41) is 8.19. The van der Waals surface area contributed by atoms with E-state index in [-0.39, 0.29) is 0 Å². The molecule has 0 aromatic carbocycles. The molecule has 0 bridgehead atoms. The van der Waals surface area contributed by atoms with Gasteiger partial charge in [-0.3, -0.25) is 4.98 Å². The van der Waals surface area contributed by atoms with Crippen molar-refractivity contribution >= 4 is 11.0 Å². The average molecular weight is 417 g/mol. The van der Waals surface area contributed by atoms with Gasteiger partial charge in [-0.1, -0.05) is 5.16 Å². The summed E-state index contributed by atoms with van der Waals surface area (Å²) in [4.78, 5) is 13.4. The van der Waals surface area contributed by atoms with Gasteiger partial charge in [0.15, 0.2) is 6.30 Å². The van der Waals surface area contributed by atoms with Gasteiger partial charge in [0, 0.05) is 53.2 Å². The van der Waals surface area contributed by atoms with Crippen LogP contribution in [0.3, 0.4) is 0 Å². The zero-order valence-electron chi connectivity index (χ0n) is 17.3. The smallest absolute Gasteiger partial charge is 0.188 e. The van der Waals surface area contributed by atoms with E-state index in [4.69, 9.17) is 9.51 Å². The summed E-state index contributed by atoms with van der Waals surface area (Å²) in [6.07, 6.45) is 9.35. The van der Waals surface area contributed by atoms with E-state index in [1.165, 1.54) is 11.6 Å². The van der Waals surface area contributed by atoms with Crippen molar-refractivity contribution < 1.29 is 8.91 Å². The first-order chi connectivity index (χ1) is 15.0. The van der Waals surface area contributed by atoms with Gasteiger partial charge in [0.2, 0.25) is 0 Å². The molecule has 5 aromatic heterocycles. The van der Waals surface area contributed by atoms with E-state index in [9.17, 15) is 4.39 Å². The number of rotatable bonds is 5. The Kier molecular flexibility index (Phi) is 4.58. The van der Waals surface area contributed by atoms with Gasteiger partial charge >= 0.3 is 0 Å². The topological polar surface area (TPSA) is 87.5 Å². The number of fused-ring (bicyclic) bond motifs is 1. The second kappa shape index (κ2) is 7.42. The molecule has 0 aliphatic rings. The first-order valence-corrected chi connectivity index (χ1v) is 9.88. The summed E-state index contributed by atoms with van der Waals surface area (Å²) in [6.45, 7) is 5.71. The lowest BCUT2D eigenvalue weighted by Gasteiger charge is -2.06. The number of hydrogen-bond acceptors (Lipinski definition) is 6. The van der Waals surface area contributed by atoms with Crippen LogP contribution in [0.5, 0.6) is 0 Å². The van der Waals surface area contributed by atoms with Gasteiger partial charge < -0.3 is 9.09 Å². The number of aromatic nitrogens is 7. The van der Waals surface area contributed by atoms with Crippen LogP contribution in [-0.4, -0.2) is 34.5 Å². The van der Waals surface area contributed by atoms with E-state index in [1.807, 2.05) is 30.8 Å². The second-order valence-corrected chi connectivity index (χ2v) is 7.41. The monoisotopic (exact) mass is 417 g/mol. The molecule has 0 aliphatic carbocycles. The van der Waals surface area contributed by atoms with E-state index < -0.39 is 6.30 Å². The quantitative estimate of drug-likeness (QED) is 0.418. The molecule has 0 saturated heterocycles. The molecule has 1 unspecified atom stereocenters. The van der Waals surface area contributed by atoms with Crippen molar-refractivity contribution in [2.24, 2.45) is 0 Å². The summed E-state index contributed by atoms with van der Waals surface area (Å²) in [7, 11) is 0. The van der Waals surface area contributed by atoms with Crippen molar-refractivity contribution in [2.75, 3.05) is 0 Å². The van der Waals surface area contributed by atoms with Crippen LogP contribution >= 0.6 is 0 Å². The van der Waals surface area contributed by atoms with Crippen LogP contribution in [0.4, 0.5) is 4.39 Å². The Balaban J connectivity index is 1.69. The number of halogens is 1. The normalized spacial score (nSPS) is 12.5. The molecule has 8 nitrogen and oxygen atoms in total. The highest BCUT2D eigenvalue weighted by Crippen LogP contribution is 2.34. The molecule has 1 atom stereocenters. The van der Waals surface area contributed by atoms with Crippen LogP contribution in [0.25, 0.3) is 33.3 Å². The van der Waals surface area contributed by atoms with Crippen molar-refractivity contribution in [3.63, 3.8) is 0 Å². The maximum Gasteiger partial charge on any atom is 0.188 e. The highest BCUT2D eigenvalue weighted by molar-refractivity contribution is 5.94. The minimum atomic E-state index is -1.21. The predicted molar refractivity (Wildman–Crippen MR) is 113 cm³/mol. The second-order valence-electron chi connectivity index (χ2n) is 7.41. The third-order valence-electron chi connectivity index (χ3n) is 5.25. The molecular formula is C22H20FN7O. The maximum absolute atomic E-state index is 13.7. The van der Waals surface area contributed by atoms with Gasteiger partial charge in [0.1, 0.15) is 11.6 Å². The van der Waals surface area contributed by atoms with Crippen LogP contribution in [0.2, 0.25) is 0 Å². The zero-order chi connectivity index (χ0) is 21.5. The Labute approximate surface area is 177 Å². The fourth-order valence-corrected chi connectivity index (χ4v) is 3.78. The minimum Gasteiger partial charge on any atom is -0.361 e. The maximum atomic E-state index is 13.7. The van der Waals surface area contributed by atoms with Gasteiger partial charge in [0.05, 0.1) is 29.5 Å². The van der Waals surface area contributed by atoms with E-state index in [1.54, 1.807) is 30.9 Å². The van der Waals surface area contributed by atoms with Crippen molar-refractivity contribution in [2.45, 2.75) is 33.6 Å². The summed E-state index contributed by atoms with van der Waals surface area (Å²) < 4.78 is 22.4. The highest BCUT2D eigenvalue weighted by Gasteiger charge is 2.18. The summed E-state index contributed by atoms with van der Waals surface area (Å²) in [5.74, 6) is 1.42. The van der Waals surface area contributed by atoms with Crippen molar-refractivity contribution in [3.05, 3.63) is 66.6 Å². The molecule has 5 aromatic rings. The van der Waals surface area contributed by atoms with Crippen LogP contribution in [0, 0.1) is 13.8 Å². The first-order valence-electron chi connectivity index (χ1n) is 9.88. The Morgan fingerprint density at radius 3 is 2.55 bits per heavy atom. The largest absolute Gasteiger partial charge is 0.361 e. The van der Waals surface area contributed by atoms with Gasteiger partial charge in [-0.2, -0.15) is 5.10 Å². The van der Waals surface area contributed by atoms with E-state index in [2.05, 4.69) is 26.3 Å². The van der Waals surface area contributed by atoms with Crippen LogP contribution in [0.15, 0.2) is 53.8 Å². The van der Waals surface area contributed by atoms with Crippen molar-refractivity contribution in [1.29, 1.82) is 0 Å². The van der Waals surface area contributed by atoms with Crippen LogP contribution < -0.4 is 0 Å². The molecule has 0 saturated carbocycles. The number of aryl methyl sites for hydroxylation is 2. The third-order valence-corrected chi connectivity index (χ3v) is 5.25. The SMILES string of the molecule is Cc1noc(C)c1-c1cnc2c(-c3cnn(C(C)F)c3)cn(Cc3ncccn3)c2c1. The molecule has 0 fully saturated rings. The number of hydrogen-bond donors (Lipinski definition) is 0. The number of nitrogens with zero attached hydrogens (tertiary/aromatic N) is 7. The number of alkyl halides is 1. The standard InChI is InChI=1S/C22H20FN7O/c1-13-21(14(2)31-28-13)16-7-19-22(26-8-16)18(17-9-27-30(10-17)15(3)23)11-29(19)12-20-24-5-4-6-25-20/h4-11,15H,12H2,1-3H3. The summed E-state index contributed by atoms with van der Waals surface area (Å²) in [6, 6.07) is 3.84. The van der Waals surface area contributed by atoms with E-state index >= 15 is 0 Å². The Bertz CT molecular complexity index is 1350. The minimum absolute atomic E-state index is 0.470. The van der Waals surface area contributed by atoms with E-state index in [0.717, 1.165) is 44.7 Å². The van der Waals surface area contributed by atoms with Crippen LogP contribution in [-0.2, 0) is 6.54 Å². The predicted octanol–water partition coefficient (Wildman–Crippen LogP) is 4.50. The Morgan fingerprint density at radius 2 is 1.87 bits per heavy atom. The highest BCUT2D eigenvalue weighted by atomic mass is 19.1.